The minimum Gasteiger partial charge on any atom is -0.311 e. The molecule has 0 amide bonds. The van der Waals surface area contributed by atoms with Gasteiger partial charge in [0.15, 0.2) is 5.82 Å². The zero-order valence-electron chi connectivity index (χ0n) is 17.4. The number of carbonyl (C=O) groups excluding carboxylic acids is 1. The highest BCUT2D eigenvalue weighted by molar-refractivity contribution is 7.89. The van der Waals surface area contributed by atoms with Crippen LogP contribution in [0.15, 0.2) is 41.3 Å². The number of hydrogen-bond donors (Lipinski definition) is 1. The topological polar surface area (TPSA) is 119 Å². The normalized spacial score (nSPS) is 17.7. The molecule has 2 aromatic carbocycles. The Hall–Kier alpha value is -2.81. The first kappa shape index (κ1) is 24.3. The first-order valence-electron chi connectivity index (χ1n) is 10.0. The zero-order chi connectivity index (χ0) is 24.5. The molecule has 1 aliphatic heterocycles. The number of carbonyl (C=O) groups is 1. The summed E-state index contributed by atoms with van der Waals surface area (Å²) < 4.78 is 65.0. The molecular weight excluding hydrogens is 501 g/mol. The van der Waals surface area contributed by atoms with Gasteiger partial charge in [0.2, 0.25) is 10.0 Å². The number of tetrazole rings is 1. The summed E-state index contributed by atoms with van der Waals surface area (Å²) >= 11 is 5.99. The second kappa shape index (κ2) is 9.44. The van der Waals surface area contributed by atoms with Gasteiger partial charge in [0, 0.05) is 37.1 Å². The van der Waals surface area contributed by atoms with Crippen LogP contribution in [-0.2, 0) is 21.2 Å². The molecule has 3 aromatic rings. The molecule has 1 aromatic heterocycles. The highest BCUT2D eigenvalue weighted by Crippen LogP contribution is 2.25. The SMILES string of the molecule is O=C(On1nnnc1CCC1CN(S(=O)(=O)c2ccc3cc(Cl)ccc3c2)CCN1)C(F)(F)F. The van der Waals surface area contributed by atoms with Gasteiger partial charge in [0.05, 0.1) is 4.90 Å². The number of benzene rings is 2. The van der Waals surface area contributed by atoms with Gasteiger partial charge in [-0.15, -0.1) is 5.10 Å². The molecule has 1 unspecified atom stereocenters. The number of nitrogens with zero attached hydrogens (tertiary/aromatic N) is 5. The number of aromatic nitrogens is 4. The van der Waals surface area contributed by atoms with Gasteiger partial charge in [0.1, 0.15) is 0 Å². The second-order valence-electron chi connectivity index (χ2n) is 7.55. The maximum Gasteiger partial charge on any atom is 0.493 e. The standard InChI is InChI=1S/C19H18ClF3N6O4S/c20-14-3-1-13-10-16(5-2-12(13)9-14)34(31,32)28-8-7-24-15(11-28)4-6-17-25-26-27-29(17)33-18(30)19(21,22)23/h1-3,5,9-10,15,24H,4,6-8,11H2. The lowest BCUT2D eigenvalue weighted by atomic mass is 10.1. The largest absolute Gasteiger partial charge is 0.493 e. The lowest BCUT2D eigenvalue weighted by molar-refractivity contribution is -0.202. The number of sulfonamides is 1. The fourth-order valence-electron chi connectivity index (χ4n) is 3.56. The van der Waals surface area contributed by atoms with Gasteiger partial charge < -0.3 is 10.2 Å². The Balaban J connectivity index is 1.43. The van der Waals surface area contributed by atoms with Crippen molar-refractivity contribution in [3.05, 3.63) is 47.2 Å². The molecule has 34 heavy (non-hydrogen) atoms. The van der Waals surface area contributed by atoms with Crippen LogP contribution in [0.5, 0.6) is 0 Å². The Bertz CT molecular complexity index is 1320. The van der Waals surface area contributed by atoms with E-state index in [4.69, 9.17) is 11.6 Å². The summed E-state index contributed by atoms with van der Waals surface area (Å²) in [5.41, 5.74) is 0. The summed E-state index contributed by atoms with van der Waals surface area (Å²) in [4.78, 5) is 15.6. The van der Waals surface area contributed by atoms with Crippen LogP contribution >= 0.6 is 11.6 Å². The van der Waals surface area contributed by atoms with Gasteiger partial charge in [-0.1, -0.05) is 28.6 Å². The predicted octanol–water partition coefficient (Wildman–Crippen LogP) is 1.59. The minimum atomic E-state index is -5.20. The molecule has 1 aliphatic rings. The summed E-state index contributed by atoms with van der Waals surface area (Å²) in [6, 6.07) is 9.64. The Morgan fingerprint density at radius 2 is 1.94 bits per heavy atom. The Kier molecular flexibility index (Phi) is 6.75. The predicted molar refractivity (Wildman–Crippen MR) is 113 cm³/mol. The molecule has 1 fully saturated rings. The summed E-state index contributed by atoms with van der Waals surface area (Å²) in [7, 11) is -3.79. The average Bonchev–Trinajstić information content (AvgIpc) is 3.23. The van der Waals surface area contributed by atoms with Crippen molar-refractivity contribution in [2.45, 2.75) is 30.0 Å². The lowest BCUT2D eigenvalue weighted by Gasteiger charge is -2.33. The zero-order valence-corrected chi connectivity index (χ0v) is 18.9. The average molecular weight is 519 g/mol. The van der Waals surface area contributed by atoms with Crippen LogP contribution in [0.4, 0.5) is 13.2 Å². The van der Waals surface area contributed by atoms with Gasteiger partial charge in [-0.25, -0.2) is 13.2 Å². The van der Waals surface area contributed by atoms with Crippen molar-refractivity contribution >= 4 is 38.4 Å². The van der Waals surface area contributed by atoms with Gasteiger partial charge in [-0.3, -0.25) is 0 Å². The molecule has 1 N–H and O–H groups in total. The van der Waals surface area contributed by atoms with Crippen LogP contribution in [0.3, 0.4) is 0 Å². The monoisotopic (exact) mass is 518 g/mol. The van der Waals surface area contributed by atoms with Crippen molar-refractivity contribution in [3.8, 4) is 0 Å². The van der Waals surface area contributed by atoms with Gasteiger partial charge >= 0.3 is 12.1 Å². The minimum absolute atomic E-state index is 0.0421. The number of piperazine rings is 1. The fourth-order valence-corrected chi connectivity index (χ4v) is 5.26. The van der Waals surface area contributed by atoms with Gasteiger partial charge in [-0.2, -0.15) is 17.5 Å². The van der Waals surface area contributed by atoms with Gasteiger partial charge in [-0.05, 0) is 51.9 Å². The highest BCUT2D eigenvalue weighted by atomic mass is 35.5. The molecule has 0 aliphatic carbocycles. The summed E-state index contributed by atoms with van der Waals surface area (Å²) in [5, 5.41) is 15.3. The van der Waals surface area contributed by atoms with E-state index in [9.17, 15) is 26.4 Å². The van der Waals surface area contributed by atoms with E-state index in [2.05, 4.69) is 25.7 Å². The van der Waals surface area contributed by atoms with Crippen LogP contribution < -0.4 is 10.2 Å². The van der Waals surface area contributed by atoms with E-state index in [0.29, 0.717) is 16.4 Å². The number of alkyl halides is 3. The smallest absolute Gasteiger partial charge is 0.311 e. The Labute approximate surface area is 196 Å². The molecule has 0 bridgehead atoms. The molecule has 10 nitrogen and oxygen atoms in total. The highest BCUT2D eigenvalue weighted by Gasteiger charge is 2.42. The van der Waals surface area contributed by atoms with Crippen LogP contribution in [0.25, 0.3) is 10.8 Å². The maximum absolute atomic E-state index is 13.2. The molecule has 15 heteroatoms. The molecule has 182 valence electrons. The molecule has 2 heterocycles. The van der Waals surface area contributed by atoms with E-state index in [1.54, 1.807) is 30.3 Å². The van der Waals surface area contributed by atoms with Crippen LogP contribution in [0.1, 0.15) is 12.2 Å². The van der Waals surface area contributed by atoms with Crippen molar-refractivity contribution < 1.29 is 31.2 Å². The van der Waals surface area contributed by atoms with Crippen molar-refractivity contribution in [2.75, 3.05) is 19.6 Å². The Morgan fingerprint density at radius 3 is 2.71 bits per heavy atom. The molecule has 0 saturated carbocycles. The van der Waals surface area contributed by atoms with Crippen LogP contribution in [0.2, 0.25) is 5.02 Å². The fraction of sp³-hybridized carbons (Fsp3) is 0.368. The number of fused-ring (bicyclic) bond motifs is 1. The first-order chi connectivity index (χ1) is 16.0. The third kappa shape index (κ3) is 5.29. The van der Waals surface area contributed by atoms with Crippen molar-refractivity contribution in [3.63, 3.8) is 0 Å². The van der Waals surface area contributed by atoms with Crippen LogP contribution in [-0.4, -0.2) is 70.9 Å². The molecular formula is C19H18ClF3N6O4S. The summed E-state index contributed by atoms with van der Waals surface area (Å²) in [5.74, 6) is -2.56. The lowest BCUT2D eigenvalue weighted by Crippen LogP contribution is -2.52. The number of nitrogens with one attached hydrogen (secondary N) is 1. The van der Waals surface area contributed by atoms with E-state index in [1.807, 2.05) is 0 Å². The van der Waals surface area contributed by atoms with E-state index in [0.717, 1.165) is 10.8 Å². The third-order valence-corrected chi connectivity index (χ3v) is 7.35. The third-order valence-electron chi connectivity index (χ3n) is 5.25. The number of rotatable bonds is 6. The van der Waals surface area contributed by atoms with E-state index in [1.165, 1.54) is 10.4 Å². The molecule has 1 atom stereocenters. The van der Waals surface area contributed by atoms with E-state index in [-0.39, 0.29) is 42.7 Å². The summed E-state index contributed by atoms with van der Waals surface area (Å²) in [6.45, 7) is 0.754. The number of halogens is 4. The Morgan fingerprint density at radius 1 is 1.21 bits per heavy atom. The number of hydrogen-bond acceptors (Lipinski definition) is 8. The second-order valence-corrected chi connectivity index (χ2v) is 9.92. The number of aryl methyl sites for hydroxylation is 1. The molecule has 1 saturated heterocycles. The molecule has 0 radical (unpaired) electrons. The van der Waals surface area contributed by atoms with Gasteiger partial charge in [0.25, 0.3) is 0 Å². The molecule has 0 spiro atoms. The van der Waals surface area contributed by atoms with Crippen molar-refractivity contribution in [2.24, 2.45) is 0 Å². The summed E-state index contributed by atoms with van der Waals surface area (Å²) in [6.07, 6.45) is -4.87. The molecule has 4 rings (SSSR count). The van der Waals surface area contributed by atoms with Crippen molar-refractivity contribution in [1.29, 1.82) is 0 Å². The maximum atomic E-state index is 13.2. The first-order valence-corrected chi connectivity index (χ1v) is 11.9. The van der Waals surface area contributed by atoms with Crippen molar-refractivity contribution in [1.82, 2.24) is 30.0 Å². The quantitative estimate of drug-likeness (QED) is 0.489. The van der Waals surface area contributed by atoms with E-state index < -0.39 is 22.2 Å². The van der Waals surface area contributed by atoms with Crippen LogP contribution in [0, 0.1) is 0 Å². The van der Waals surface area contributed by atoms with E-state index >= 15 is 0 Å².